The topological polar surface area (TPSA) is 96.2 Å². The average Bonchev–Trinajstić information content (AvgIpc) is 2.55. The molecule has 3 rings (SSSR count). The quantitative estimate of drug-likeness (QED) is 0.802. The molecule has 6 heteroatoms. The number of fused-ring (bicyclic) bond motifs is 1. The van der Waals surface area contributed by atoms with Crippen LogP contribution in [0.15, 0.2) is 36.4 Å². The van der Waals surface area contributed by atoms with E-state index in [1.807, 2.05) is 6.07 Å². The van der Waals surface area contributed by atoms with Crippen LogP contribution in [0.3, 0.4) is 0 Å². The third-order valence-electron chi connectivity index (χ3n) is 3.93. The van der Waals surface area contributed by atoms with Gasteiger partial charge in [0, 0.05) is 6.07 Å². The lowest BCUT2D eigenvalue weighted by atomic mass is 9.86. The van der Waals surface area contributed by atoms with Crippen molar-refractivity contribution in [2.45, 2.75) is 6.10 Å². The van der Waals surface area contributed by atoms with Crippen molar-refractivity contribution in [2.75, 3.05) is 13.7 Å². The number of carbonyl (C=O) groups is 1. The zero-order valence-corrected chi connectivity index (χ0v) is 12.4. The Morgan fingerprint density at radius 3 is 2.61 bits per heavy atom. The molecule has 2 aromatic rings. The molecule has 0 radical (unpaired) electrons. The Balaban J connectivity index is 2.01. The third kappa shape index (κ3) is 2.47. The Morgan fingerprint density at radius 2 is 1.96 bits per heavy atom. The number of benzene rings is 2. The standard InChI is InChI=1S/C17H16O6/c1-22-17-11(18)7-12-13(16(17)21)15(20)10(8-23-12)14(19)9-5-3-2-4-6-9/h2-7,10,14,18-19,21H,8H2,1H3. The van der Waals surface area contributed by atoms with Gasteiger partial charge in [0.15, 0.2) is 17.3 Å². The number of hydrogen-bond donors (Lipinski definition) is 3. The maximum atomic E-state index is 12.7. The largest absolute Gasteiger partial charge is 0.504 e. The molecule has 3 N–H and O–H groups in total. The second-order valence-electron chi connectivity index (χ2n) is 5.29. The lowest BCUT2D eigenvalue weighted by Gasteiger charge is -2.28. The van der Waals surface area contributed by atoms with Gasteiger partial charge in [-0.3, -0.25) is 4.79 Å². The van der Waals surface area contributed by atoms with Crippen LogP contribution < -0.4 is 9.47 Å². The second-order valence-corrected chi connectivity index (χ2v) is 5.29. The zero-order chi connectivity index (χ0) is 16.6. The molecule has 0 fully saturated rings. The van der Waals surface area contributed by atoms with Gasteiger partial charge in [-0.2, -0.15) is 0 Å². The molecule has 0 aliphatic carbocycles. The van der Waals surface area contributed by atoms with E-state index in [1.54, 1.807) is 24.3 Å². The number of ketones is 1. The highest BCUT2D eigenvalue weighted by molar-refractivity contribution is 6.05. The zero-order valence-electron chi connectivity index (χ0n) is 12.4. The minimum atomic E-state index is -1.06. The summed E-state index contributed by atoms with van der Waals surface area (Å²) in [6.45, 7) is -0.0485. The van der Waals surface area contributed by atoms with Gasteiger partial charge in [-0.1, -0.05) is 30.3 Å². The van der Waals surface area contributed by atoms with Crippen LogP contribution in [-0.2, 0) is 0 Å². The van der Waals surface area contributed by atoms with Crippen LogP contribution in [0.1, 0.15) is 22.0 Å². The molecule has 1 aliphatic rings. The van der Waals surface area contributed by atoms with Gasteiger partial charge in [-0.05, 0) is 5.56 Å². The maximum absolute atomic E-state index is 12.7. The molecule has 0 saturated heterocycles. The maximum Gasteiger partial charge on any atom is 0.203 e. The Bertz CT molecular complexity index is 740. The van der Waals surface area contributed by atoms with Gasteiger partial charge in [-0.25, -0.2) is 0 Å². The number of phenolic OH excluding ortho intramolecular Hbond substituents is 2. The lowest BCUT2D eigenvalue weighted by Crippen LogP contribution is -2.32. The number of carbonyl (C=O) groups excluding carboxylic acids is 1. The molecule has 23 heavy (non-hydrogen) atoms. The van der Waals surface area contributed by atoms with E-state index in [0.29, 0.717) is 5.56 Å². The monoisotopic (exact) mass is 316 g/mol. The minimum Gasteiger partial charge on any atom is -0.504 e. The van der Waals surface area contributed by atoms with Gasteiger partial charge in [-0.15, -0.1) is 0 Å². The summed E-state index contributed by atoms with van der Waals surface area (Å²) in [7, 11) is 1.27. The number of Topliss-reactive ketones (excluding diaryl/α,β-unsaturated/α-hetero) is 1. The number of aliphatic hydroxyl groups excluding tert-OH is 1. The molecule has 6 nitrogen and oxygen atoms in total. The fourth-order valence-electron chi connectivity index (χ4n) is 2.72. The van der Waals surface area contributed by atoms with Crippen LogP contribution in [0, 0.1) is 5.92 Å². The highest BCUT2D eigenvalue weighted by atomic mass is 16.5. The Morgan fingerprint density at radius 1 is 1.26 bits per heavy atom. The third-order valence-corrected chi connectivity index (χ3v) is 3.93. The lowest BCUT2D eigenvalue weighted by molar-refractivity contribution is 0.0474. The van der Waals surface area contributed by atoms with Crippen molar-refractivity contribution < 1.29 is 29.6 Å². The van der Waals surface area contributed by atoms with Gasteiger partial charge in [0.1, 0.15) is 17.9 Å². The summed E-state index contributed by atoms with van der Waals surface area (Å²) < 4.78 is 10.4. The van der Waals surface area contributed by atoms with Gasteiger partial charge >= 0.3 is 0 Å². The van der Waals surface area contributed by atoms with Crippen LogP contribution in [0.2, 0.25) is 0 Å². The summed E-state index contributed by atoms with van der Waals surface area (Å²) in [5.74, 6) is -2.25. The first-order chi connectivity index (χ1) is 11.0. The molecule has 2 unspecified atom stereocenters. The predicted octanol–water partition coefficient (Wildman–Crippen LogP) is 2.03. The van der Waals surface area contributed by atoms with Crippen molar-refractivity contribution in [1.29, 1.82) is 0 Å². The number of hydrogen-bond acceptors (Lipinski definition) is 6. The van der Waals surface area contributed by atoms with Crippen molar-refractivity contribution in [3.05, 3.63) is 47.5 Å². The highest BCUT2D eigenvalue weighted by Crippen LogP contribution is 2.47. The summed E-state index contributed by atoms with van der Waals surface area (Å²) in [6, 6.07) is 9.98. The van der Waals surface area contributed by atoms with Crippen molar-refractivity contribution in [3.63, 3.8) is 0 Å². The van der Waals surface area contributed by atoms with Crippen LogP contribution >= 0.6 is 0 Å². The molecule has 120 valence electrons. The van der Waals surface area contributed by atoms with Gasteiger partial charge in [0.2, 0.25) is 5.75 Å². The van der Waals surface area contributed by atoms with E-state index < -0.39 is 23.6 Å². The van der Waals surface area contributed by atoms with Crippen molar-refractivity contribution in [2.24, 2.45) is 5.92 Å². The molecule has 0 aromatic heterocycles. The molecular formula is C17H16O6. The molecule has 2 atom stereocenters. The summed E-state index contributed by atoms with van der Waals surface area (Å²) >= 11 is 0. The van der Waals surface area contributed by atoms with Crippen LogP contribution in [0.5, 0.6) is 23.0 Å². The molecule has 0 amide bonds. The molecule has 0 spiro atoms. The van der Waals surface area contributed by atoms with Crippen molar-refractivity contribution in [3.8, 4) is 23.0 Å². The average molecular weight is 316 g/mol. The normalized spacial score (nSPS) is 18.0. The second kappa shape index (κ2) is 5.81. The van der Waals surface area contributed by atoms with E-state index >= 15 is 0 Å². The van der Waals surface area contributed by atoms with E-state index in [-0.39, 0.29) is 29.4 Å². The van der Waals surface area contributed by atoms with Crippen molar-refractivity contribution in [1.82, 2.24) is 0 Å². The first kappa shape index (κ1) is 15.2. The van der Waals surface area contributed by atoms with Crippen LogP contribution in [0.25, 0.3) is 0 Å². The molecule has 1 aliphatic heterocycles. The fraction of sp³-hybridized carbons (Fsp3) is 0.235. The number of aromatic hydroxyl groups is 2. The Hall–Kier alpha value is -2.73. The highest BCUT2D eigenvalue weighted by Gasteiger charge is 2.38. The number of rotatable bonds is 3. The van der Waals surface area contributed by atoms with Crippen LogP contribution in [0.4, 0.5) is 0 Å². The van der Waals surface area contributed by atoms with Gasteiger partial charge in [0.05, 0.1) is 19.1 Å². The van der Waals surface area contributed by atoms with E-state index in [9.17, 15) is 20.1 Å². The molecule has 1 heterocycles. The first-order valence-corrected chi connectivity index (χ1v) is 7.07. The number of methoxy groups -OCH3 is 1. The summed E-state index contributed by atoms with van der Waals surface area (Å²) in [5, 5.41) is 30.4. The van der Waals surface area contributed by atoms with E-state index in [1.165, 1.54) is 13.2 Å². The Labute approximate surface area is 132 Å². The van der Waals surface area contributed by atoms with E-state index in [4.69, 9.17) is 9.47 Å². The first-order valence-electron chi connectivity index (χ1n) is 7.07. The molecular weight excluding hydrogens is 300 g/mol. The van der Waals surface area contributed by atoms with Gasteiger partial charge in [0.25, 0.3) is 0 Å². The number of phenols is 2. The minimum absolute atomic E-state index is 0.0485. The number of ether oxygens (including phenoxy) is 2. The SMILES string of the molecule is COc1c(O)cc2c(c1O)C(=O)C(C(O)c1ccccc1)CO2. The summed E-state index contributed by atoms with van der Waals surface area (Å²) in [6.07, 6.45) is -1.06. The number of aliphatic hydroxyl groups is 1. The summed E-state index contributed by atoms with van der Waals surface area (Å²) in [4.78, 5) is 12.7. The molecule has 0 saturated carbocycles. The molecule has 2 aromatic carbocycles. The van der Waals surface area contributed by atoms with E-state index in [0.717, 1.165) is 0 Å². The Kier molecular flexibility index (Phi) is 3.83. The fourth-order valence-corrected chi connectivity index (χ4v) is 2.72. The van der Waals surface area contributed by atoms with Crippen molar-refractivity contribution >= 4 is 5.78 Å². The van der Waals surface area contributed by atoms with Crippen LogP contribution in [-0.4, -0.2) is 34.8 Å². The predicted molar refractivity (Wildman–Crippen MR) is 81.0 cm³/mol. The van der Waals surface area contributed by atoms with Gasteiger partial charge < -0.3 is 24.8 Å². The molecule has 0 bridgehead atoms. The summed E-state index contributed by atoms with van der Waals surface area (Å²) in [5.41, 5.74) is 0.494. The smallest absolute Gasteiger partial charge is 0.203 e. The van der Waals surface area contributed by atoms with E-state index in [2.05, 4.69) is 0 Å².